The van der Waals surface area contributed by atoms with Crippen LogP contribution >= 0.6 is 0 Å². The molecule has 0 heterocycles. The van der Waals surface area contributed by atoms with Crippen LogP contribution in [0, 0.1) is 11.3 Å². The van der Waals surface area contributed by atoms with Gasteiger partial charge in [-0.25, -0.2) is 0 Å². The highest BCUT2D eigenvalue weighted by Gasteiger charge is 2.23. The van der Waals surface area contributed by atoms with Crippen LogP contribution in [0.1, 0.15) is 39.5 Å². The molecule has 0 amide bonds. The van der Waals surface area contributed by atoms with Gasteiger partial charge in [0.25, 0.3) is 0 Å². The Balaban J connectivity index is 2.35. The molecule has 0 saturated heterocycles. The van der Waals surface area contributed by atoms with Crippen molar-refractivity contribution in [2.75, 3.05) is 0 Å². The van der Waals surface area contributed by atoms with Gasteiger partial charge < -0.3 is 0 Å². The number of hydrogen-bond acceptors (Lipinski definition) is 2. The zero-order valence-corrected chi connectivity index (χ0v) is 7.35. The minimum Gasteiger partial charge on any atom is -0.297 e. The first-order valence-corrected chi connectivity index (χ1v) is 4.33. The molecule has 2 heteroatoms. The average Bonchev–Trinajstić information content (AvgIpc) is 2.39. The van der Waals surface area contributed by atoms with E-state index >= 15 is 0 Å². The fraction of sp³-hybridized carbons (Fsp3) is 0.889. The number of nitrogens with one attached hydrogen (secondary N) is 1. The Hall–Kier alpha value is -0.550. The van der Waals surface area contributed by atoms with E-state index in [1.54, 1.807) is 0 Å². The van der Waals surface area contributed by atoms with Crippen molar-refractivity contribution in [2.24, 2.45) is 0 Å². The summed E-state index contributed by atoms with van der Waals surface area (Å²) in [6.07, 6.45) is 5.12. The minimum absolute atomic E-state index is 0.338. The van der Waals surface area contributed by atoms with Crippen LogP contribution in [0.4, 0.5) is 0 Å². The second-order valence-corrected chi connectivity index (χ2v) is 3.86. The van der Waals surface area contributed by atoms with Gasteiger partial charge in [-0.05, 0) is 26.7 Å². The van der Waals surface area contributed by atoms with Crippen LogP contribution in [0.3, 0.4) is 0 Å². The Kier molecular flexibility index (Phi) is 2.51. The summed E-state index contributed by atoms with van der Waals surface area (Å²) >= 11 is 0. The van der Waals surface area contributed by atoms with Crippen molar-refractivity contribution in [2.45, 2.75) is 51.1 Å². The Labute approximate surface area is 68.6 Å². The van der Waals surface area contributed by atoms with Crippen LogP contribution < -0.4 is 5.32 Å². The molecular weight excluding hydrogens is 136 g/mol. The second-order valence-electron chi connectivity index (χ2n) is 3.86. The largest absolute Gasteiger partial charge is 0.297 e. The normalized spacial score (nSPS) is 20.1. The van der Waals surface area contributed by atoms with Crippen LogP contribution in [0.15, 0.2) is 0 Å². The monoisotopic (exact) mass is 152 g/mol. The fourth-order valence-electron chi connectivity index (χ4n) is 1.61. The molecule has 0 unspecified atom stereocenters. The van der Waals surface area contributed by atoms with E-state index in [4.69, 9.17) is 5.26 Å². The summed E-state index contributed by atoms with van der Waals surface area (Å²) in [5, 5.41) is 12.1. The van der Waals surface area contributed by atoms with E-state index in [9.17, 15) is 0 Å². The molecule has 0 aromatic rings. The zero-order valence-electron chi connectivity index (χ0n) is 7.35. The molecule has 0 atom stereocenters. The fourth-order valence-corrected chi connectivity index (χ4v) is 1.61. The Morgan fingerprint density at radius 1 is 1.36 bits per heavy atom. The smallest absolute Gasteiger partial charge is 0.101 e. The summed E-state index contributed by atoms with van der Waals surface area (Å²) in [6, 6.07) is 2.84. The number of rotatable bonds is 2. The molecule has 62 valence electrons. The lowest BCUT2D eigenvalue weighted by Gasteiger charge is -2.22. The SMILES string of the molecule is CC(C)(C#N)NC1CCCC1. The Morgan fingerprint density at radius 3 is 2.36 bits per heavy atom. The maximum atomic E-state index is 8.74. The molecule has 0 aromatic carbocycles. The van der Waals surface area contributed by atoms with Crippen molar-refractivity contribution in [1.29, 1.82) is 5.26 Å². The third-order valence-corrected chi connectivity index (χ3v) is 2.20. The summed E-state index contributed by atoms with van der Waals surface area (Å²) in [5.74, 6) is 0. The van der Waals surface area contributed by atoms with Crippen LogP contribution in [0.2, 0.25) is 0 Å². The van der Waals surface area contributed by atoms with E-state index in [-0.39, 0.29) is 5.54 Å². The summed E-state index contributed by atoms with van der Waals surface area (Å²) in [5.41, 5.74) is -0.338. The highest BCUT2D eigenvalue weighted by molar-refractivity contribution is 5.01. The summed E-state index contributed by atoms with van der Waals surface area (Å²) < 4.78 is 0. The standard InChI is InChI=1S/C9H16N2/c1-9(2,7-10)11-8-5-3-4-6-8/h8,11H,3-6H2,1-2H3. The molecular formula is C9H16N2. The quantitative estimate of drug-likeness (QED) is 0.655. The van der Waals surface area contributed by atoms with E-state index in [2.05, 4.69) is 11.4 Å². The average molecular weight is 152 g/mol. The van der Waals surface area contributed by atoms with Gasteiger partial charge in [-0.2, -0.15) is 5.26 Å². The predicted octanol–water partition coefficient (Wildman–Crippen LogP) is 1.82. The third-order valence-electron chi connectivity index (χ3n) is 2.20. The lowest BCUT2D eigenvalue weighted by atomic mass is 10.1. The van der Waals surface area contributed by atoms with Crippen molar-refractivity contribution in [1.82, 2.24) is 5.32 Å². The molecule has 0 aliphatic heterocycles. The highest BCUT2D eigenvalue weighted by Crippen LogP contribution is 2.19. The molecule has 0 spiro atoms. The number of nitrogens with zero attached hydrogens (tertiary/aromatic N) is 1. The third kappa shape index (κ3) is 2.51. The Bertz CT molecular complexity index is 161. The van der Waals surface area contributed by atoms with Crippen molar-refractivity contribution in [3.05, 3.63) is 0 Å². The molecule has 1 saturated carbocycles. The first kappa shape index (κ1) is 8.55. The van der Waals surface area contributed by atoms with Crippen molar-refractivity contribution < 1.29 is 0 Å². The van der Waals surface area contributed by atoms with Gasteiger partial charge in [-0.1, -0.05) is 12.8 Å². The van der Waals surface area contributed by atoms with Crippen LogP contribution in [0.25, 0.3) is 0 Å². The molecule has 11 heavy (non-hydrogen) atoms. The van der Waals surface area contributed by atoms with Gasteiger partial charge in [-0.15, -0.1) is 0 Å². The van der Waals surface area contributed by atoms with Gasteiger partial charge in [-0.3, -0.25) is 5.32 Å². The van der Waals surface area contributed by atoms with Crippen LogP contribution in [-0.2, 0) is 0 Å². The topological polar surface area (TPSA) is 35.8 Å². The Morgan fingerprint density at radius 2 is 1.91 bits per heavy atom. The molecule has 1 aliphatic rings. The van der Waals surface area contributed by atoms with Gasteiger partial charge >= 0.3 is 0 Å². The van der Waals surface area contributed by atoms with E-state index in [1.165, 1.54) is 25.7 Å². The van der Waals surface area contributed by atoms with Gasteiger partial charge in [0.05, 0.1) is 6.07 Å². The van der Waals surface area contributed by atoms with E-state index < -0.39 is 0 Å². The molecule has 0 aromatic heterocycles. The maximum absolute atomic E-state index is 8.74. The van der Waals surface area contributed by atoms with Crippen LogP contribution in [0.5, 0.6) is 0 Å². The lowest BCUT2D eigenvalue weighted by molar-refractivity contribution is 0.405. The second kappa shape index (κ2) is 3.23. The molecule has 2 nitrogen and oxygen atoms in total. The van der Waals surface area contributed by atoms with Gasteiger partial charge in [0.15, 0.2) is 0 Å². The molecule has 1 N–H and O–H groups in total. The van der Waals surface area contributed by atoms with Crippen molar-refractivity contribution in [3.63, 3.8) is 0 Å². The molecule has 1 fully saturated rings. The highest BCUT2D eigenvalue weighted by atomic mass is 15.0. The maximum Gasteiger partial charge on any atom is 0.101 e. The lowest BCUT2D eigenvalue weighted by Crippen LogP contribution is -2.43. The summed E-state index contributed by atoms with van der Waals surface area (Å²) in [4.78, 5) is 0. The number of hydrogen-bond donors (Lipinski definition) is 1. The van der Waals surface area contributed by atoms with Gasteiger partial charge in [0, 0.05) is 6.04 Å². The summed E-state index contributed by atoms with van der Waals surface area (Å²) in [6.45, 7) is 3.87. The first-order chi connectivity index (χ1) is 5.14. The van der Waals surface area contributed by atoms with E-state index in [0.717, 1.165) is 0 Å². The van der Waals surface area contributed by atoms with E-state index in [1.807, 2.05) is 13.8 Å². The number of nitriles is 1. The minimum atomic E-state index is -0.338. The predicted molar refractivity (Wildman–Crippen MR) is 45.1 cm³/mol. The zero-order chi connectivity index (χ0) is 8.32. The van der Waals surface area contributed by atoms with Crippen molar-refractivity contribution in [3.8, 4) is 6.07 Å². The van der Waals surface area contributed by atoms with E-state index in [0.29, 0.717) is 6.04 Å². The summed E-state index contributed by atoms with van der Waals surface area (Å²) in [7, 11) is 0. The molecule has 1 rings (SSSR count). The first-order valence-electron chi connectivity index (χ1n) is 4.33. The molecule has 0 bridgehead atoms. The van der Waals surface area contributed by atoms with Gasteiger partial charge in [0.2, 0.25) is 0 Å². The van der Waals surface area contributed by atoms with Gasteiger partial charge in [0.1, 0.15) is 5.54 Å². The molecule has 1 aliphatic carbocycles. The van der Waals surface area contributed by atoms with Crippen molar-refractivity contribution >= 4 is 0 Å². The molecule has 0 radical (unpaired) electrons. The van der Waals surface area contributed by atoms with Crippen LogP contribution in [-0.4, -0.2) is 11.6 Å².